The van der Waals surface area contributed by atoms with Gasteiger partial charge < -0.3 is 5.11 Å². The molecule has 0 aliphatic heterocycles. The zero-order valence-corrected chi connectivity index (χ0v) is 10.4. The molecule has 86 valence electrons. The van der Waals surface area contributed by atoms with Crippen molar-refractivity contribution < 1.29 is 5.11 Å². The molecule has 16 heavy (non-hydrogen) atoms. The Labute approximate surface area is 99.4 Å². The van der Waals surface area contributed by atoms with E-state index in [0.717, 1.165) is 24.1 Å². The van der Waals surface area contributed by atoms with Crippen molar-refractivity contribution in [3.63, 3.8) is 0 Å². The Morgan fingerprint density at radius 3 is 2.94 bits per heavy atom. The molecule has 1 atom stereocenters. The third-order valence-electron chi connectivity index (χ3n) is 2.49. The molecule has 0 saturated carbocycles. The highest BCUT2D eigenvalue weighted by atomic mass is 32.1. The average Bonchev–Trinajstić information content (AvgIpc) is 2.87. The first-order valence-electron chi connectivity index (χ1n) is 5.46. The van der Waals surface area contributed by atoms with E-state index in [4.69, 9.17) is 0 Å². The molecule has 0 saturated heterocycles. The highest BCUT2D eigenvalue weighted by Crippen LogP contribution is 2.25. The van der Waals surface area contributed by atoms with Gasteiger partial charge in [0, 0.05) is 23.2 Å². The summed E-state index contributed by atoms with van der Waals surface area (Å²) < 4.78 is 1.87. The zero-order chi connectivity index (χ0) is 11.5. The molecule has 0 aromatic carbocycles. The van der Waals surface area contributed by atoms with Gasteiger partial charge in [-0.1, -0.05) is 6.92 Å². The lowest BCUT2D eigenvalue weighted by atomic mass is 10.1. The summed E-state index contributed by atoms with van der Waals surface area (Å²) in [5.74, 6) is 0. The molecule has 0 fully saturated rings. The average molecular weight is 236 g/mol. The van der Waals surface area contributed by atoms with Crippen LogP contribution in [0.25, 0.3) is 0 Å². The van der Waals surface area contributed by atoms with Crippen LogP contribution in [0.4, 0.5) is 0 Å². The third-order valence-corrected chi connectivity index (χ3v) is 3.37. The second-order valence-electron chi connectivity index (χ2n) is 3.93. The lowest BCUT2D eigenvalue weighted by Crippen LogP contribution is -1.98. The standard InChI is InChI=1S/C12H16N2OS/c1-3-4-14-7-11(6-13-14)12(15)10-5-9(2)16-8-10/h5-8,12,15H,3-4H2,1-2H3. The van der Waals surface area contributed by atoms with Gasteiger partial charge in [-0.2, -0.15) is 5.10 Å². The van der Waals surface area contributed by atoms with E-state index in [9.17, 15) is 5.11 Å². The second kappa shape index (κ2) is 4.80. The number of nitrogens with zero attached hydrogens (tertiary/aromatic N) is 2. The SMILES string of the molecule is CCCn1cc(C(O)c2csc(C)c2)cn1. The summed E-state index contributed by atoms with van der Waals surface area (Å²) in [6, 6.07) is 2.02. The summed E-state index contributed by atoms with van der Waals surface area (Å²) in [4.78, 5) is 1.22. The topological polar surface area (TPSA) is 38.0 Å². The number of hydrogen-bond donors (Lipinski definition) is 1. The van der Waals surface area contributed by atoms with Gasteiger partial charge >= 0.3 is 0 Å². The van der Waals surface area contributed by atoms with Crippen LogP contribution in [-0.2, 0) is 6.54 Å². The van der Waals surface area contributed by atoms with Crippen LogP contribution in [-0.4, -0.2) is 14.9 Å². The fraction of sp³-hybridized carbons (Fsp3) is 0.417. The van der Waals surface area contributed by atoms with Gasteiger partial charge in [0.15, 0.2) is 0 Å². The van der Waals surface area contributed by atoms with Crippen molar-refractivity contribution in [2.75, 3.05) is 0 Å². The van der Waals surface area contributed by atoms with Crippen LogP contribution in [0.5, 0.6) is 0 Å². The summed E-state index contributed by atoms with van der Waals surface area (Å²) in [7, 11) is 0. The van der Waals surface area contributed by atoms with Crippen molar-refractivity contribution >= 4 is 11.3 Å². The van der Waals surface area contributed by atoms with Crippen LogP contribution in [0.1, 0.15) is 35.5 Å². The van der Waals surface area contributed by atoms with Crippen molar-refractivity contribution in [3.8, 4) is 0 Å². The Kier molecular flexibility index (Phi) is 3.41. The molecule has 2 aromatic heterocycles. The summed E-state index contributed by atoms with van der Waals surface area (Å²) in [6.07, 6.45) is 4.17. The third kappa shape index (κ3) is 2.33. The molecule has 1 N–H and O–H groups in total. The fourth-order valence-electron chi connectivity index (χ4n) is 1.67. The van der Waals surface area contributed by atoms with Gasteiger partial charge in [-0.05, 0) is 30.4 Å². The molecule has 2 heterocycles. The first kappa shape index (κ1) is 11.4. The predicted molar refractivity (Wildman–Crippen MR) is 65.6 cm³/mol. The maximum atomic E-state index is 10.1. The summed E-state index contributed by atoms with van der Waals surface area (Å²) in [5.41, 5.74) is 1.82. The quantitative estimate of drug-likeness (QED) is 0.886. The molecule has 2 aromatic rings. The number of rotatable bonds is 4. The van der Waals surface area contributed by atoms with Crippen molar-refractivity contribution in [2.45, 2.75) is 32.9 Å². The Morgan fingerprint density at radius 2 is 2.31 bits per heavy atom. The van der Waals surface area contributed by atoms with Crippen LogP contribution < -0.4 is 0 Å². The molecule has 1 unspecified atom stereocenters. The highest BCUT2D eigenvalue weighted by molar-refractivity contribution is 7.10. The predicted octanol–water partition coefficient (Wildman–Crippen LogP) is 2.74. The van der Waals surface area contributed by atoms with Crippen LogP contribution >= 0.6 is 11.3 Å². The summed E-state index contributed by atoms with van der Waals surface area (Å²) in [5, 5.41) is 16.4. The Bertz CT molecular complexity index is 461. The number of aliphatic hydroxyl groups excluding tert-OH is 1. The van der Waals surface area contributed by atoms with Crippen molar-refractivity contribution in [2.24, 2.45) is 0 Å². The molecule has 0 spiro atoms. The first-order chi connectivity index (χ1) is 7.70. The molecule has 3 nitrogen and oxygen atoms in total. The Hall–Kier alpha value is -1.13. The maximum absolute atomic E-state index is 10.1. The smallest absolute Gasteiger partial charge is 0.108 e. The Morgan fingerprint density at radius 1 is 1.50 bits per heavy atom. The number of hydrogen-bond acceptors (Lipinski definition) is 3. The monoisotopic (exact) mass is 236 g/mol. The van der Waals surface area contributed by atoms with Gasteiger partial charge in [0.2, 0.25) is 0 Å². The second-order valence-corrected chi connectivity index (χ2v) is 5.05. The molecule has 0 bridgehead atoms. The van der Waals surface area contributed by atoms with E-state index in [1.165, 1.54) is 4.88 Å². The van der Waals surface area contributed by atoms with Gasteiger partial charge in [0.1, 0.15) is 6.10 Å². The molecule has 0 amide bonds. The minimum Gasteiger partial charge on any atom is -0.384 e. The number of aryl methyl sites for hydroxylation is 2. The largest absolute Gasteiger partial charge is 0.384 e. The lowest BCUT2D eigenvalue weighted by molar-refractivity contribution is 0.220. The minimum absolute atomic E-state index is 0.546. The van der Waals surface area contributed by atoms with Gasteiger partial charge in [0.25, 0.3) is 0 Å². The first-order valence-corrected chi connectivity index (χ1v) is 6.34. The van der Waals surface area contributed by atoms with E-state index < -0.39 is 6.10 Å². The lowest BCUT2D eigenvalue weighted by Gasteiger charge is -2.05. The number of aromatic nitrogens is 2. The molecular formula is C12H16N2OS. The van der Waals surface area contributed by atoms with Crippen LogP contribution in [0.3, 0.4) is 0 Å². The van der Waals surface area contributed by atoms with Gasteiger partial charge in [-0.3, -0.25) is 4.68 Å². The normalized spacial score (nSPS) is 12.9. The van der Waals surface area contributed by atoms with Gasteiger partial charge in [0.05, 0.1) is 6.20 Å². The van der Waals surface area contributed by atoms with E-state index in [0.29, 0.717) is 0 Å². The molecular weight excluding hydrogens is 220 g/mol. The van der Waals surface area contributed by atoms with Crippen molar-refractivity contribution in [1.29, 1.82) is 0 Å². The van der Waals surface area contributed by atoms with Crippen LogP contribution in [0, 0.1) is 6.92 Å². The van der Waals surface area contributed by atoms with Crippen LogP contribution in [0.2, 0.25) is 0 Å². The van der Waals surface area contributed by atoms with Crippen molar-refractivity contribution in [1.82, 2.24) is 9.78 Å². The molecule has 0 aliphatic rings. The van der Waals surface area contributed by atoms with Gasteiger partial charge in [-0.25, -0.2) is 0 Å². The minimum atomic E-state index is -0.546. The zero-order valence-electron chi connectivity index (χ0n) is 9.55. The van der Waals surface area contributed by atoms with E-state index in [1.54, 1.807) is 17.5 Å². The maximum Gasteiger partial charge on any atom is 0.108 e. The highest BCUT2D eigenvalue weighted by Gasteiger charge is 2.13. The van der Waals surface area contributed by atoms with E-state index in [1.807, 2.05) is 29.2 Å². The molecule has 0 aliphatic carbocycles. The molecule has 4 heteroatoms. The Balaban J connectivity index is 2.17. The summed E-state index contributed by atoms with van der Waals surface area (Å²) in [6.45, 7) is 5.05. The fourth-order valence-corrected chi connectivity index (χ4v) is 2.39. The summed E-state index contributed by atoms with van der Waals surface area (Å²) >= 11 is 1.66. The number of aliphatic hydroxyl groups is 1. The molecule has 2 rings (SSSR count). The van der Waals surface area contributed by atoms with E-state index in [2.05, 4.69) is 12.0 Å². The molecule has 0 radical (unpaired) electrons. The van der Waals surface area contributed by atoms with Crippen molar-refractivity contribution in [3.05, 3.63) is 39.8 Å². The van der Waals surface area contributed by atoms with Crippen LogP contribution in [0.15, 0.2) is 23.8 Å². The number of thiophene rings is 1. The van der Waals surface area contributed by atoms with E-state index in [-0.39, 0.29) is 0 Å². The van der Waals surface area contributed by atoms with Gasteiger partial charge in [-0.15, -0.1) is 11.3 Å². The van der Waals surface area contributed by atoms with E-state index >= 15 is 0 Å².